The third-order valence-electron chi connectivity index (χ3n) is 2.98. The van der Waals surface area contributed by atoms with Gasteiger partial charge in [-0.1, -0.05) is 12.1 Å². The van der Waals surface area contributed by atoms with Crippen LogP contribution in [-0.4, -0.2) is 37.1 Å². The average molecular weight is 285 g/mol. The number of alkyl halides is 3. The first-order valence-corrected chi connectivity index (χ1v) is 6.19. The quantitative estimate of drug-likeness (QED) is 0.782. The van der Waals surface area contributed by atoms with E-state index in [-0.39, 0.29) is 5.91 Å². The predicted molar refractivity (Wildman–Crippen MR) is 67.9 cm³/mol. The third-order valence-corrected chi connectivity index (χ3v) is 2.98. The standard InChI is InChI=1S/C14H14F3NO2/c15-14(16,17)12-4-1-11(2-5-12)3-6-13(19)18-7-9-20-10-8-18/h1-6H,7-10H2. The second-order valence-corrected chi connectivity index (χ2v) is 4.39. The summed E-state index contributed by atoms with van der Waals surface area (Å²) >= 11 is 0. The summed E-state index contributed by atoms with van der Waals surface area (Å²) in [5, 5.41) is 0. The van der Waals surface area contributed by atoms with Crippen molar-refractivity contribution in [3.8, 4) is 0 Å². The van der Waals surface area contributed by atoms with Crippen LogP contribution in [0.4, 0.5) is 13.2 Å². The number of hydrogen-bond acceptors (Lipinski definition) is 2. The molecule has 1 aromatic carbocycles. The highest BCUT2D eigenvalue weighted by Crippen LogP contribution is 2.29. The highest BCUT2D eigenvalue weighted by molar-refractivity contribution is 5.91. The molecule has 0 saturated carbocycles. The van der Waals surface area contributed by atoms with Gasteiger partial charge in [-0.3, -0.25) is 4.79 Å². The van der Waals surface area contributed by atoms with E-state index in [9.17, 15) is 18.0 Å². The molecule has 3 nitrogen and oxygen atoms in total. The summed E-state index contributed by atoms with van der Waals surface area (Å²) in [4.78, 5) is 13.4. The number of rotatable bonds is 2. The first-order valence-electron chi connectivity index (χ1n) is 6.19. The van der Waals surface area contributed by atoms with Gasteiger partial charge in [-0.15, -0.1) is 0 Å². The Kier molecular flexibility index (Phi) is 4.44. The van der Waals surface area contributed by atoms with Crippen molar-refractivity contribution in [3.63, 3.8) is 0 Å². The van der Waals surface area contributed by atoms with E-state index in [4.69, 9.17) is 4.74 Å². The highest BCUT2D eigenvalue weighted by Gasteiger charge is 2.29. The lowest BCUT2D eigenvalue weighted by Crippen LogP contribution is -2.39. The van der Waals surface area contributed by atoms with Crippen molar-refractivity contribution < 1.29 is 22.7 Å². The summed E-state index contributed by atoms with van der Waals surface area (Å²) in [6.45, 7) is 2.10. The Morgan fingerprint density at radius 3 is 2.30 bits per heavy atom. The van der Waals surface area contributed by atoms with Crippen molar-refractivity contribution in [2.45, 2.75) is 6.18 Å². The number of nitrogens with zero attached hydrogens (tertiary/aromatic N) is 1. The average Bonchev–Trinajstić information content (AvgIpc) is 2.45. The molecule has 0 atom stereocenters. The van der Waals surface area contributed by atoms with Gasteiger partial charge in [0.05, 0.1) is 18.8 Å². The zero-order valence-corrected chi connectivity index (χ0v) is 10.7. The van der Waals surface area contributed by atoms with Gasteiger partial charge in [0.15, 0.2) is 0 Å². The Balaban J connectivity index is 1.98. The monoisotopic (exact) mass is 285 g/mol. The fourth-order valence-electron chi connectivity index (χ4n) is 1.84. The predicted octanol–water partition coefficient (Wildman–Crippen LogP) is 2.58. The number of benzene rings is 1. The normalized spacial score (nSPS) is 16.6. The molecule has 0 unspecified atom stereocenters. The van der Waals surface area contributed by atoms with E-state index < -0.39 is 11.7 Å². The largest absolute Gasteiger partial charge is 0.416 e. The van der Waals surface area contributed by atoms with E-state index in [1.54, 1.807) is 4.90 Å². The van der Waals surface area contributed by atoms with Crippen LogP contribution in [0.5, 0.6) is 0 Å². The van der Waals surface area contributed by atoms with Crippen LogP contribution in [0.15, 0.2) is 30.3 Å². The van der Waals surface area contributed by atoms with E-state index >= 15 is 0 Å². The van der Waals surface area contributed by atoms with Crippen LogP contribution in [0.25, 0.3) is 6.08 Å². The molecule has 0 bridgehead atoms. The number of ether oxygens (including phenoxy) is 1. The molecular weight excluding hydrogens is 271 g/mol. The number of hydrogen-bond donors (Lipinski definition) is 0. The van der Waals surface area contributed by atoms with Crippen molar-refractivity contribution in [2.24, 2.45) is 0 Å². The topological polar surface area (TPSA) is 29.5 Å². The lowest BCUT2D eigenvalue weighted by molar-refractivity contribution is -0.137. The molecule has 1 aliphatic heterocycles. The van der Waals surface area contributed by atoms with Gasteiger partial charge in [-0.05, 0) is 23.8 Å². The summed E-state index contributed by atoms with van der Waals surface area (Å²) in [5.74, 6) is -0.159. The fourth-order valence-corrected chi connectivity index (χ4v) is 1.84. The summed E-state index contributed by atoms with van der Waals surface area (Å²) in [6, 6.07) is 4.68. The second-order valence-electron chi connectivity index (χ2n) is 4.39. The molecule has 1 amide bonds. The molecule has 0 aliphatic carbocycles. The Morgan fingerprint density at radius 1 is 1.15 bits per heavy atom. The number of halogens is 3. The van der Waals surface area contributed by atoms with Crippen LogP contribution in [0.2, 0.25) is 0 Å². The molecule has 0 radical (unpaired) electrons. The maximum absolute atomic E-state index is 12.4. The molecule has 2 rings (SSSR count). The fraction of sp³-hybridized carbons (Fsp3) is 0.357. The summed E-state index contributed by atoms with van der Waals surface area (Å²) < 4.78 is 42.3. The van der Waals surface area contributed by atoms with Crippen molar-refractivity contribution >= 4 is 12.0 Å². The van der Waals surface area contributed by atoms with Crippen molar-refractivity contribution in [2.75, 3.05) is 26.3 Å². The molecule has 0 spiro atoms. The number of morpholine rings is 1. The SMILES string of the molecule is O=C(C=Cc1ccc(C(F)(F)F)cc1)N1CCOCC1. The summed E-state index contributed by atoms with van der Waals surface area (Å²) in [6.07, 6.45) is -1.46. The highest BCUT2D eigenvalue weighted by atomic mass is 19.4. The minimum Gasteiger partial charge on any atom is -0.378 e. The van der Waals surface area contributed by atoms with Crippen molar-refractivity contribution in [3.05, 3.63) is 41.5 Å². The molecule has 0 aromatic heterocycles. The van der Waals surface area contributed by atoms with E-state index in [0.29, 0.717) is 31.9 Å². The van der Waals surface area contributed by atoms with Gasteiger partial charge >= 0.3 is 6.18 Å². The zero-order valence-electron chi connectivity index (χ0n) is 10.7. The minimum atomic E-state index is -4.34. The van der Waals surface area contributed by atoms with Gasteiger partial charge in [0.1, 0.15) is 0 Å². The Hall–Kier alpha value is -1.82. The third kappa shape index (κ3) is 3.84. The smallest absolute Gasteiger partial charge is 0.378 e. The Morgan fingerprint density at radius 2 is 1.75 bits per heavy atom. The number of amides is 1. The lowest BCUT2D eigenvalue weighted by Gasteiger charge is -2.25. The van der Waals surface area contributed by atoms with Gasteiger partial charge in [0, 0.05) is 19.2 Å². The van der Waals surface area contributed by atoms with Crippen LogP contribution in [0.1, 0.15) is 11.1 Å². The van der Waals surface area contributed by atoms with Crippen molar-refractivity contribution in [1.82, 2.24) is 4.90 Å². The molecule has 6 heteroatoms. The van der Waals surface area contributed by atoms with E-state index in [2.05, 4.69) is 0 Å². The molecule has 20 heavy (non-hydrogen) atoms. The first-order chi connectivity index (χ1) is 9.47. The van der Waals surface area contributed by atoms with Crippen LogP contribution in [0, 0.1) is 0 Å². The van der Waals surface area contributed by atoms with Crippen LogP contribution in [0.3, 0.4) is 0 Å². The van der Waals surface area contributed by atoms with E-state index in [0.717, 1.165) is 12.1 Å². The molecule has 1 fully saturated rings. The van der Waals surface area contributed by atoms with Gasteiger partial charge in [-0.2, -0.15) is 13.2 Å². The molecular formula is C14H14F3NO2. The maximum Gasteiger partial charge on any atom is 0.416 e. The second kappa shape index (κ2) is 6.09. The summed E-state index contributed by atoms with van der Waals surface area (Å²) in [7, 11) is 0. The van der Waals surface area contributed by atoms with Crippen molar-refractivity contribution in [1.29, 1.82) is 0 Å². The number of carbonyl (C=O) groups is 1. The van der Waals surface area contributed by atoms with Gasteiger partial charge in [0.2, 0.25) is 5.91 Å². The number of carbonyl (C=O) groups excluding carboxylic acids is 1. The van der Waals surface area contributed by atoms with E-state index in [1.807, 2.05) is 0 Å². The van der Waals surface area contributed by atoms with Crippen LogP contribution < -0.4 is 0 Å². The summed E-state index contributed by atoms with van der Waals surface area (Å²) in [5.41, 5.74) is -0.145. The molecule has 1 heterocycles. The maximum atomic E-state index is 12.4. The molecule has 1 saturated heterocycles. The molecule has 0 N–H and O–H groups in total. The molecule has 108 valence electrons. The van der Waals surface area contributed by atoms with Crippen LogP contribution >= 0.6 is 0 Å². The lowest BCUT2D eigenvalue weighted by atomic mass is 10.1. The molecule has 1 aromatic rings. The zero-order chi connectivity index (χ0) is 14.6. The van der Waals surface area contributed by atoms with Gasteiger partial charge in [-0.25, -0.2) is 0 Å². The van der Waals surface area contributed by atoms with Crippen LogP contribution in [-0.2, 0) is 15.7 Å². The Bertz CT molecular complexity index is 488. The minimum absolute atomic E-state index is 0.159. The van der Waals surface area contributed by atoms with Gasteiger partial charge in [0.25, 0.3) is 0 Å². The van der Waals surface area contributed by atoms with Gasteiger partial charge < -0.3 is 9.64 Å². The Labute approximate surface area is 114 Å². The molecule has 1 aliphatic rings. The van der Waals surface area contributed by atoms with E-state index in [1.165, 1.54) is 24.3 Å². The first kappa shape index (κ1) is 14.6.